The predicted molar refractivity (Wildman–Crippen MR) is 101 cm³/mol. The van der Waals surface area contributed by atoms with Crippen molar-refractivity contribution in [3.05, 3.63) is 64.4 Å². The lowest BCUT2D eigenvalue weighted by molar-refractivity contribution is -0.131. The molecule has 0 N–H and O–H groups in total. The van der Waals surface area contributed by atoms with Crippen molar-refractivity contribution in [3.8, 4) is 5.75 Å². The van der Waals surface area contributed by atoms with E-state index in [1.54, 1.807) is 40.1 Å². The van der Waals surface area contributed by atoms with Gasteiger partial charge in [0.05, 0.1) is 24.1 Å². The number of nitrogens with zero attached hydrogens (tertiary/aromatic N) is 2. The number of benzene rings is 2. The van der Waals surface area contributed by atoms with Gasteiger partial charge in [-0.05, 0) is 29.8 Å². The first kappa shape index (κ1) is 19.2. The largest absolute Gasteiger partial charge is 0.494 e. The molecule has 0 saturated carbocycles. The number of methoxy groups -OCH3 is 1. The molecular formula is C20H20ClFN2O3. The van der Waals surface area contributed by atoms with Crippen LogP contribution in [0.5, 0.6) is 5.75 Å². The van der Waals surface area contributed by atoms with E-state index < -0.39 is 5.82 Å². The normalized spacial score (nSPS) is 14.2. The van der Waals surface area contributed by atoms with Crippen LogP contribution in [0.4, 0.5) is 4.39 Å². The summed E-state index contributed by atoms with van der Waals surface area (Å²) in [4.78, 5) is 28.4. The summed E-state index contributed by atoms with van der Waals surface area (Å²) in [5, 5.41) is 0.419. The third-order valence-electron chi connectivity index (χ3n) is 4.60. The Labute approximate surface area is 162 Å². The third kappa shape index (κ3) is 4.39. The second-order valence-corrected chi connectivity index (χ2v) is 6.71. The molecule has 1 saturated heterocycles. The van der Waals surface area contributed by atoms with Crippen molar-refractivity contribution in [2.45, 2.75) is 6.42 Å². The molecular weight excluding hydrogens is 371 g/mol. The number of piperazine rings is 1. The molecule has 3 rings (SSSR count). The van der Waals surface area contributed by atoms with Crippen molar-refractivity contribution in [2.24, 2.45) is 0 Å². The monoisotopic (exact) mass is 390 g/mol. The fraction of sp³-hybridized carbons (Fsp3) is 0.300. The summed E-state index contributed by atoms with van der Waals surface area (Å²) in [5.74, 6) is -0.565. The quantitative estimate of drug-likeness (QED) is 0.806. The summed E-state index contributed by atoms with van der Waals surface area (Å²) in [7, 11) is 1.40. The van der Waals surface area contributed by atoms with Crippen LogP contribution in [0.3, 0.4) is 0 Å². The number of carbonyl (C=O) groups is 2. The minimum atomic E-state index is -0.488. The Kier molecular flexibility index (Phi) is 5.96. The third-order valence-corrected chi connectivity index (χ3v) is 4.92. The highest BCUT2D eigenvalue weighted by Gasteiger charge is 2.25. The van der Waals surface area contributed by atoms with E-state index in [0.29, 0.717) is 42.3 Å². The van der Waals surface area contributed by atoms with E-state index in [0.717, 1.165) is 0 Å². The van der Waals surface area contributed by atoms with Crippen LogP contribution < -0.4 is 4.74 Å². The molecule has 0 bridgehead atoms. The second-order valence-electron chi connectivity index (χ2n) is 6.30. The zero-order valence-corrected chi connectivity index (χ0v) is 15.7. The molecule has 0 spiro atoms. The van der Waals surface area contributed by atoms with Gasteiger partial charge in [0.15, 0.2) is 11.6 Å². The molecule has 0 unspecified atom stereocenters. The van der Waals surface area contributed by atoms with Gasteiger partial charge >= 0.3 is 0 Å². The summed E-state index contributed by atoms with van der Waals surface area (Å²) in [6, 6.07) is 11.4. The van der Waals surface area contributed by atoms with Gasteiger partial charge in [-0.15, -0.1) is 0 Å². The number of hydrogen-bond donors (Lipinski definition) is 0. The van der Waals surface area contributed by atoms with E-state index in [9.17, 15) is 14.0 Å². The maximum absolute atomic E-state index is 13.8. The highest BCUT2D eigenvalue weighted by atomic mass is 35.5. The first-order valence-corrected chi connectivity index (χ1v) is 9.01. The zero-order valence-electron chi connectivity index (χ0n) is 15.0. The van der Waals surface area contributed by atoms with Gasteiger partial charge in [-0.1, -0.05) is 29.8 Å². The molecule has 142 valence electrons. The average Bonchev–Trinajstić information content (AvgIpc) is 2.68. The Balaban J connectivity index is 1.57. The van der Waals surface area contributed by atoms with Gasteiger partial charge in [0.2, 0.25) is 5.91 Å². The van der Waals surface area contributed by atoms with E-state index in [-0.39, 0.29) is 24.0 Å². The summed E-state index contributed by atoms with van der Waals surface area (Å²) in [6.45, 7) is 1.75. The molecule has 0 aromatic heterocycles. The molecule has 1 heterocycles. The van der Waals surface area contributed by atoms with E-state index in [1.165, 1.54) is 19.2 Å². The molecule has 1 aliphatic rings. The Morgan fingerprint density at radius 2 is 1.74 bits per heavy atom. The molecule has 7 heteroatoms. The van der Waals surface area contributed by atoms with Crippen molar-refractivity contribution in [2.75, 3.05) is 33.3 Å². The fourth-order valence-corrected chi connectivity index (χ4v) is 3.29. The highest BCUT2D eigenvalue weighted by Crippen LogP contribution is 2.20. The van der Waals surface area contributed by atoms with Crippen LogP contribution in [0.25, 0.3) is 0 Å². The molecule has 2 amide bonds. The molecule has 0 aliphatic carbocycles. The average molecular weight is 391 g/mol. The van der Waals surface area contributed by atoms with E-state index in [1.807, 2.05) is 0 Å². The molecule has 27 heavy (non-hydrogen) atoms. The van der Waals surface area contributed by atoms with E-state index in [4.69, 9.17) is 16.3 Å². The van der Waals surface area contributed by atoms with Crippen LogP contribution in [0, 0.1) is 5.82 Å². The van der Waals surface area contributed by atoms with Crippen LogP contribution >= 0.6 is 11.6 Å². The number of halogens is 2. The number of ether oxygens (including phenoxy) is 1. The van der Waals surface area contributed by atoms with Gasteiger partial charge < -0.3 is 14.5 Å². The Morgan fingerprint density at radius 1 is 1.07 bits per heavy atom. The topological polar surface area (TPSA) is 49.9 Å². The predicted octanol–water partition coefficient (Wildman–Crippen LogP) is 3.01. The van der Waals surface area contributed by atoms with Gasteiger partial charge in [-0.25, -0.2) is 4.39 Å². The van der Waals surface area contributed by atoms with Gasteiger partial charge in [0, 0.05) is 26.2 Å². The summed E-state index contributed by atoms with van der Waals surface area (Å²) >= 11 is 6.09. The van der Waals surface area contributed by atoms with Crippen LogP contribution in [0.2, 0.25) is 5.02 Å². The molecule has 2 aromatic carbocycles. The van der Waals surface area contributed by atoms with E-state index >= 15 is 0 Å². The van der Waals surface area contributed by atoms with Crippen LogP contribution in [-0.2, 0) is 11.2 Å². The van der Waals surface area contributed by atoms with Crippen LogP contribution in [0.15, 0.2) is 42.5 Å². The molecule has 0 radical (unpaired) electrons. The van der Waals surface area contributed by atoms with Gasteiger partial charge in [0.1, 0.15) is 0 Å². The minimum absolute atomic E-state index is 0.0931. The Bertz CT molecular complexity index is 851. The molecule has 1 fully saturated rings. The standard InChI is InChI=1S/C20H20ClFN2O3/c1-27-18-7-6-14(12-17(18)22)13-19(25)23-8-10-24(11-9-23)20(26)15-4-2-3-5-16(15)21/h2-7,12H,8-11,13H2,1H3. The number of rotatable bonds is 4. The summed E-state index contributed by atoms with van der Waals surface area (Å²) in [5.41, 5.74) is 1.06. The fourth-order valence-electron chi connectivity index (χ4n) is 3.07. The lowest BCUT2D eigenvalue weighted by atomic mass is 10.1. The Hall–Kier alpha value is -2.60. The summed E-state index contributed by atoms with van der Waals surface area (Å²) in [6.07, 6.45) is 0.110. The number of carbonyl (C=O) groups excluding carboxylic acids is 2. The van der Waals surface area contributed by atoms with Gasteiger partial charge in [0.25, 0.3) is 5.91 Å². The van der Waals surface area contributed by atoms with Crippen LogP contribution in [-0.4, -0.2) is 54.9 Å². The summed E-state index contributed by atoms with van der Waals surface area (Å²) < 4.78 is 18.7. The SMILES string of the molecule is COc1ccc(CC(=O)N2CCN(C(=O)c3ccccc3Cl)CC2)cc1F. The minimum Gasteiger partial charge on any atom is -0.494 e. The zero-order chi connectivity index (χ0) is 19.4. The maximum Gasteiger partial charge on any atom is 0.255 e. The first-order chi connectivity index (χ1) is 13.0. The second kappa shape index (κ2) is 8.39. The molecule has 1 aliphatic heterocycles. The maximum atomic E-state index is 13.8. The van der Waals surface area contributed by atoms with Crippen LogP contribution in [0.1, 0.15) is 15.9 Å². The van der Waals surface area contributed by atoms with Gasteiger partial charge in [-0.2, -0.15) is 0 Å². The lowest BCUT2D eigenvalue weighted by Gasteiger charge is -2.35. The lowest BCUT2D eigenvalue weighted by Crippen LogP contribution is -2.51. The number of amides is 2. The van der Waals surface area contributed by atoms with Crippen molar-refractivity contribution in [3.63, 3.8) is 0 Å². The highest BCUT2D eigenvalue weighted by molar-refractivity contribution is 6.33. The first-order valence-electron chi connectivity index (χ1n) is 8.63. The Morgan fingerprint density at radius 3 is 2.37 bits per heavy atom. The molecule has 0 atom stereocenters. The smallest absolute Gasteiger partial charge is 0.255 e. The van der Waals surface area contributed by atoms with Crippen molar-refractivity contribution >= 4 is 23.4 Å². The van der Waals surface area contributed by atoms with Gasteiger partial charge in [-0.3, -0.25) is 9.59 Å². The molecule has 2 aromatic rings. The van der Waals surface area contributed by atoms with Crippen molar-refractivity contribution in [1.82, 2.24) is 9.80 Å². The number of hydrogen-bond acceptors (Lipinski definition) is 3. The van der Waals surface area contributed by atoms with E-state index in [2.05, 4.69) is 0 Å². The molecule has 5 nitrogen and oxygen atoms in total. The van der Waals surface area contributed by atoms with Crippen molar-refractivity contribution < 1.29 is 18.7 Å². The van der Waals surface area contributed by atoms with Crippen molar-refractivity contribution in [1.29, 1.82) is 0 Å².